The second kappa shape index (κ2) is 5.71. The smallest absolute Gasteiger partial charge is 0.320 e. The van der Waals surface area contributed by atoms with Gasteiger partial charge in [-0.2, -0.15) is 0 Å². The van der Waals surface area contributed by atoms with Crippen molar-refractivity contribution in [3.8, 4) is 0 Å². The first-order valence-corrected chi connectivity index (χ1v) is 6.91. The third-order valence-electron chi connectivity index (χ3n) is 4.15. The van der Waals surface area contributed by atoms with Crippen LogP contribution in [0.3, 0.4) is 0 Å². The van der Waals surface area contributed by atoms with Crippen LogP contribution in [0, 0.1) is 5.92 Å². The van der Waals surface area contributed by atoms with E-state index in [0.29, 0.717) is 6.04 Å². The molecule has 1 saturated carbocycles. The van der Waals surface area contributed by atoms with Crippen LogP contribution >= 0.6 is 0 Å². The SMILES string of the molecule is CC1CCCC(N(C)C(=O)N2CCNCC2)C1. The Morgan fingerprint density at radius 2 is 2.00 bits per heavy atom. The first kappa shape index (κ1) is 12.7. The molecular formula is C13H25N3O. The summed E-state index contributed by atoms with van der Waals surface area (Å²) in [6.07, 6.45) is 4.95. The molecule has 2 aliphatic rings. The van der Waals surface area contributed by atoms with Crippen LogP contribution in [0.1, 0.15) is 32.6 Å². The number of hydrogen-bond donors (Lipinski definition) is 1. The lowest BCUT2D eigenvalue weighted by molar-refractivity contribution is 0.121. The fourth-order valence-corrected chi connectivity index (χ4v) is 2.99. The lowest BCUT2D eigenvalue weighted by Gasteiger charge is -2.38. The van der Waals surface area contributed by atoms with Gasteiger partial charge >= 0.3 is 6.03 Å². The van der Waals surface area contributed by atoms with Crippen molar-refractivity contribution < 1.29 is 4.79 Å². The fraction of sp³-hybridized carbons (Fsp3) is 0.923. The van der Waals surface area contributed by atoms with Crippen LogP contribution in [0.4, 0.5) is 4.79 Å². The van der Waals surface area contributed by atoms with Gasteiger partial charge in [0.05, 0.1) is 0 Å². The number of amides is 2. The van der Waals surface area contributed by atoms with Crippen LogP contribution in [0.5, 0.6) is 0 Å². The number of rotatable bonds is 1. The van der Waals surface area contributed by atoms with Crippen molar-refractivity contribution in [2.45, 2.75) is 38.6 Å². The number of carbonyl (C=O) groups is 1. The normalized spacial score (nSPS) is 30.1. The predicted molar refractivity (Wildman–Crippen MR) is 69.0 cm³/mol. The molecule has 0 aromatic heterocycles. The molecule has 0 radical (unpaired) electrons. The van der Waals surface area contributed by atoms with Gasteiger partial charge in [0.1, 0.15) is 0 Å². The molecule has 0 spiro atoms. The highest BCUT2D eigenvalue weighted by Gasteiger charge is 2.28. The van der Waals surface area contributed by atoms with Gasteiger partial charge in [0.25, 0.3) is 0 Å². The number of carbonyl (C=O) groups excluding carboxylic acids is 1. The van der Waals surface area contributed by atoms with E-state index in [-0.39, 0.29) is 6.03 Å². The first-order chi connectivity index (χ1) is 8.18. The molecule has 17 heavy (non-hydrogen) atoms. The summed E-state index contributed by atoms with van der Waals surface area (Å²) >= 11 is 0. The maximum atomic E-state index is 12.3. The Hall–Kier alpha value is -0.770. The van der Waals surface area contributed by atoms with Crippen molar-refractivity contribution in [2.24, 2.45) is 5.92 Å². The maximum absolute atomic E-state index is 12.3. The molecule has 2 rings (SSSR count). The Labute approximate surface area is 104 Å². The van der Waals surface area contributed by atoms with Crippen molar-refractivity contribution in [1.82, 2.24) is 15.1 Å². The highest BCUT2D eigenvalue weighted by Crippen LogP contribution is 2.27. The zero-order valence-electron chi connectivity index (χ0n) is 11.1. The molecule has 4 heteroatoms. The van der Waals surface area contributed by atoms with Crippen LogP contribution in [-0.2, 0) is 0 Å². The van der Waals surface area contributed by atoms with Gasteiger partial charge < -0.3 is 15.1 Å². The number of hydrogen-bond acceptors (Lipinski definition) is 2. The van der Waals surface area contributed by atoms with Gasteiger partial charge in [-0.3, -0.25) is 0 Å². The maximum Gasteiger partial charge on any atom is 0.320 e. The summed E-state index contributed by atoms with van der Waals surface area (Å²) in [6, 6.07) is 0.687. The van der Waals surface area contributed by atoms with E-state index in [2.05, 4.69) is 12.2 Å². The molecule has 2 amide bonds. The molecule has 2 atom stereocenters. The second-order valence-corrected chi connectivity index (χ2v) is 5.56. The van der Waals surface area contributed by atoms with Gasteiger partial charge in [-0.05, 0) is 18.8 Å². The van der Waals surface area contributed by atoms with Gasteiger partial charge in [-0.1, -0.05) is 19.8 Å². The highest BCUT2D eigenvalue weighted by molar-refractivity contribution is 5.74. The summed E-state index contributed by atoms with van der Waals surface area (Å²) in [4.78, 5) is 16.3. The predicted octanol–water partition coefficient (Wildman–Crippen LogP) is 1.52. The van der Waals surface area contributed by atoms with Gasteiger partial charge in [-0.15, -0.1) is 0 Å². The second-order valence-electron chi connectivity index (χ2n) is 5.56. The summed E-state index contributed by atoms with van der Waals surface area (Å²) in [5.41, 5.74) is 0. The number of nitrogens with zero attached hydrogens (tertiary/aromatic N) is 2. The molecule has 1 aliphatic carbocycles. The van der Waals surface area contributed by atoms with E-state index in [9.17, 15) is 4.79 Å². The van der Waals surface area contributed by atoms with Crippen molar-refractivity contribution >= 4 is 6.03 Å². The molecule has 2 fully saturated rings. The van der Waals surface area contributed by atoms with Gasteiger partial charge in [0, 0.05) is 39.3 Å². The Bertz CT molecular complexity index is 263. The van der Waals surface area contributed by atoms with E-state index < -0.39 is 0 Å². The minimum absolute atomic E-state index is 0.227. The Morgan fingerprint density at radius 1 is 1.29 bits per heavy atom. The van der Waals surface area contributed by atoms with E-state index in [1.165, 1.54) is 25.7 Å². The summed E-state index contributed by atoms with van der Waals surface area (Å²) in [6.45, 7) is 5.87. The molecular weight excluding hydrogens is 214 g/mol. The largest absolute Gasteiger partial charge is 0.325 e. The molecule has 4 nitrogen and oxygen atoms in total. The molecule has 1 N–H and O–H groups in total. The van der Waals surface area contributed by atoms with Crippen LogP contribution in [-0.4, -0.2) is 55.1 Å². The average molecular weight is 239 g/mol. The quantitative estimate of drug-likeness (QED) is 0.753. The Balaban J connectivity index is 1.89. The van der Waals surface area contributed by atoms with Crippen molar-refractivity contribution in [3.05, 3.63) is 0 Å². The van der Waals surface area contributed by atoms with E-state index in [4.69, 9.17) is 0 Å². The average Bonchev–Trinajstić information content (AvgIpc) is 2.38. The number of urea groups is 1. The molecule has 0 bridgehead atoms. The van der Waals surface area contributed by atoms with Crippen LogP contribution in [0.15, 0.2) is 0 Å². The lowest BCUT2D eigenvalue weighted by atomic mass is 9.86. The minimum atomic E-state index is 0.227. The van der Waals surface area contributed by atoms with Gasteiger partial charge in [-0.25, -0.2) is 4.79 Å². The Morgan fingerprint density at radius 3 is 2.65 bits per heavy atom. The van der Waals surface area contributed by atoms with E-state index in [0.717, 1.165) is 32.1 Å². The topological polar surface area (TPSA) is 35.6 Å². The molecule has 2 unspecified atom stereocenters. The zero-order valence-corrected chi connectivity index (χ0v) is 11.1. The third kappa shape index (κ3) is 3.12. The molecule has 0 aromatic rings. The van der Waals surface area contributed by atoms with Crippen LogP contribution in [0.2, 0.25) is 0 Å². The van der Waals surface area contributed by atoms with Crippen molar-refractivity contribution in [2.75, 3.05) is 33.2 Å². The third-order valence-corrected chi connectivity index (χ3v) is 4.15. The standard InChI is InChI=1S/C13H25N3O/c1-11-4-3-5-12(10-11)15(2)13(17)16-8-6-14-7-9-16/h11-12,14H,3-10H2,1-2H3. The van der Waals surface area contributed by atoms with Gasteiger partial charge in [0.15, 0.2) is 0 Å². The summed E-state index contributed by atoms with van der Waals surface area (Å²) < 4.78 is 0. The summed E-state index contributed by atoms with van der Waals surface area (Å²) in [5, 5.41) is 3.28. The molecule has 98 valence electrons. The first-order valence-electron chi connectivity index (χ1n) is 6.91. The fourth-order valence-electron chi connectivity index (χ4n) is 2.99. The molecule has 1 saturated heterocycles. The monoisotopic (exact) mass is 239 g/mol. The minimum Gasteiger partial charge on any atom is -0.325 e. The molecule has 0 aromatic carbocycles. The van der Waals surface area contributed by atoms with Crippen LogP contribution < -0.4 is 5.32 Å². The summed E-state index contributed by atoms with van der Waals surface area (Å²) in [7, 11) is 1.98. The van der Waals surface area contributed by atoms with Crippen molar-refractivity contribution in [1.29, 1.82) is 0 Å². The highest BCUT2D eigenvalue weighted by atomic mass is 16.2. The lowest BCUT2D eigenvalue weighted by Crippen LogP contribution is -2.53. The molecule has 1 aliphatic heterocycles. The van der Waals surface area contributed by atoms with Gasteiger partial charge in [0.2, 0.25) is 0 Å². The molecule has 1 heterocycles. The number of piperazine rings is 1. The zero-order chi connectivity index (χ0) is 12.3. The van der Waals surface area contributed by atoms with E-state index in [1.54, 1.807) is 0 Å². The Kier molecular flexibility index (Phi) is 4.26. The van der Waals surface area contributed by atoms with Crippen molar-refractivity contribution in [3.63, 3.8) is 0 Å². The summed E-state index contributed by atoms with van der Waals surface area (Å²) in [5.74, 6) is 0.770. The number of nitrogens with one attached hydrogen (secondary N) is 1. The van der Waals surface area contributed by atoms with E-state index >= 15 is 0 Å². The van der Waals surface area contributed by atoms with E-state index in [1.807, 2.05) is 16.8 Å². The van der Waals surface area contributed by atoms with Crippen LogP contribution in [0.25, 0.3) is 0 Å².